The summed E-state index contributed by atoms with van der Waals surface area (Å²) >= 11 is 0. The maximum absolute atomic E-state index is 12.8. The first-order valence-corrected chi connectivity index (χ1v) is 9.38. The highest BCUT2D eigenvalue weighted by atomic mass is 16.2. The molecule has 0 radical (unpaired) electrons. The van der Waals surface area contributed by atoms with Gasteiger partial charge in [-0.2, -0.15) is 0 Å². The van der Waals surface area contributed by atoms with Crippen molar-refractivity contribution in [2.75, 3.05) is 19.6 Å². The zero-order chi connectivity index (χ0) is 17.2. The lowest BCUT2D eigenvalue weighted by Gasteiger charge is -2.35. The molecule has 0 saturated carbocycles. The molecule has 5 heteroatoms. The molecule has 5 nitrogen and oxygen atoms in total. The van der Waals surface area contributed by atoms with Crippen molar-refractivity contribution in [2.24, 2.45) is 0 Å². The molecular formula is C20H26N4O. The fraction of sp³-hybridized carbons (Fsp3) is 0.500. The molecule has 1 amide bonds. The van der Waals surface area contributed by atoms with Gasteiger partial charge in [-0.3, -0.25) is 9.69 Å². The number of rotatable bonds is 3. The summed E-state index contributed by atoms with van der Waals surface area (Å²) in [6.45, 7) is 5.56. The summed E-state index contributed by atoms with van der Waals surface area (Å²) in [6.07, 6.45) is 4.44. The third kappa shape index (κ3) is 3.33. The molecule has 0 bridgehead atoms. The first kappa shape index (κ1) is 16.3. The van der Waals surface area contributed by atoms with E-state index in [0.717, 1.165) is 68.2 Å². The minimum atomic E-state index is -0.0604. The third-order valence-corrected chi connectivity index (χ3v) is 5.48. The van der Waals surface area contributed by atoms with Gasteiger partial charge in [0.1, 0.15) is 5.82 Å². The highest BCUT2D eigenvalue weighted by molar-refractivity contribution is 5.81. The van der Waals surface area contributed by atoms with Gasteiger partial charge in [-0.05, 0) is 26.2 Å². The number of aromatic nitrogens is 2. The largest absolute Gasteiger partial charge is 0.341 e. The molecule has 2 aromatic rings. The smallest absolute Gasteiger partial charge is 0.239 e. The van der Waals surface area contributed by atoms with Crippen LogP contribution >= 0.6 is 0 Å². The van der Waals surface area contributed by atoms with Gasteiger partial charge in [0.15, 0.2) is 0 Å². The van der Waals surface area contributed by atoms with Gasteiger partial charge in [-0.1, -0.05) is 30.3 Å². The number of carbonyl (C=O) groups excluding carboxylic acids is 1. The third-order valence-electron chi connectivity index (χ3n) is 5.48. The zero-order valence-corrected chi connectivity index (χ0v) is 14.9. The van der Waals surface area contributed by atoms with Crippen molar-refractivity contribution in [3.63, 3.8) is 0 Å². The van der Waals surface area contributed by atoms with Gasteiger partial charge in [0.2, 0.25) is 5.91 Å². The summed E-state index contributed by atoms with van der Waals surface area (Å²) in [7, 11) is 0. The molecule has 0 spiro atoms. The second-order valence-electron chi connectivity index (χ2n) is 7.16. The van der Waals surface area contributed by atoms with Gasteiger partial charge in [-0.25, -0.2) is 4.98 Å². The number of nitrogens with zero attached hydrogens (tertiary/aromatic N) is 3. The van der Waals surface area contributed by atoms with Crippen LogP contribution in [-0.4, -0.2) is 51.4 Å². The lowest BCUT2D eigenvalue weighted by Crippen LogP contribution is -2.49. The van der Waals surface area contributed by atoms with E-state index in [9.17, 15) is 4.79 Å². The molecule has 1 N–H and O–H groups in total. The molecule has 25 heavy (non-hydrogen) atoms. The van der Waals surface area contributed by atoms with E-state index < -0.39 is 0 Å². The molecular weight excluding hydrogens is 312 g/mol. The van der Waals surface area contributed by atoms with Gasteiger partial charge in [-0.15, -0.1) is 0 Å². The average Bonchev–Trinajstić information content (AvgIpc) is 3.11. The zero-order valence-electron chi connectivity index (χ0n) is 14.9. The van der Waals surface area contributed by atoms with Crippen molar-refractivity contribution >= 4 is 5.91 Å². The number of fused-ring (bicyclic) bond motifs is 1. The fourth-order valence-electron chi connectivity index (χ4n) is 3.91. The molecule has 2 aliphatic rings. The molecule has 4 rings (SSSR count). The molecule has 3 heterocycles. The van der Waals surface area contributed by atoms with E-state index in [4.69, 9.17) is 4.98 Å². The van der Waals surface area contributed by atoms with Gasteiger partial charge in [0.05, 0.1) is 17.4 Å². The van der Waals surface area contributed by atoms with Crippen LogP contribution in [0, 0.1) is 0 Å². The Kier molecular flexibility index (Phi) is 4.57. The maximum Gasteiger partial charge on any atom is 0.239 e. The summed E-state index contributed by atoms with van der Waals surface area (Å²) in [5.41, 5.74) is 3.41. The fourth-order valence-corrected chi connectivity index (χ4v) is 3.91. The second kappa shape index (κ2) is 7.00. The van der Waals surface area contributed by atoms with E-state index in [1.54, 1.807) is 0 Å². The Morgan fingerprint density at radius 2 is 1.88 bits per heavy atom. The molecule has 2 aliphatic heterocycles. The molecule has 1 atom stereocenters. The first-order chi connectivity index (χ1) is 12.2. The van der Waals surface area contributed by atoms with Crippen molar-refractivity contribution < 1.29 is 4.79 Å². The predicted octanol–water partition coefficient (Wildman–Crippen LogP) is 2.84. The van der Waals surface area contributed by atoms with Crippen LogP contribution in [0.5, 0.6) is 0 Å². The van der Waals surface area contributed by atoms with Gasteiger partial charge >= 0.3 is 0 Å². The number of likely N-dealkylation sites (tertiary alicyclic amines) is 1. The van der Waals surface area contributed by atoms with Crippen molar-refractivity contribution in [1.82, 2.24) is 19.8 Å². The minimum absolute atomic E-state index is 0.0604. The number of hydrogen-bond acceptors (Lipinski definition) is 3. The number of nitrogens with one attached hydrogen (secondary N) is 1. The number of amides is 1. The van der Waals surface area contributed by atoms with E-state index >= 15 is 0 Å². The number of carbonyl (C=O) groups is 1. The van der Waals surface area contributed by atoms with Crippen LogP contribution in [0.1, 0.15) is 37.6 Å². The summed E-state index contributed by atoms with van der Waals surface area (Å²) in [4.78, 5) is 25.4. The summed E-state index contributed by atoms with van der Waals surface area (Å²) in [5, 5.41) is 0. The van der Waals surface area contributed by atoms with Crippen molar-refractivity contribution in [1.29, 1.82) is 0 Å². The van der Waals surface area contributed by atoms with Crippen LogP contribution in [-0.2, 0) is 17.8 Å². The Bertz CT molecular complexity index is 733. The highest BCUT2D eigenvalue weighted by Gasteiger charge is 2.30. The predicted molar refractivity (Wildman–Crippen MR) is 98.0 cm³/mol. The van der Waals surface area contributed by atoms with E-state index in [1.807, 2.05) is 23.1 Å². The topological polar surface area (TPSA) is 52.2 Å². The van der Waals surface area contributed by atoms with Crippen LogP contribution < -0.4 is 0 Å². The Labute approximate surface area is 149 Å². The Morgan fingerprint density at radius 3 is 2.64 bits per heavy atom. The normalized spacial score (nSPS) is 19.5. The lowest BCUT2D eigenvalue weighted by atomic mass is 10.1. The quantitative estimate of drug-likeness (QED) is 0.936. The van der Waals surface area contributed by atoms with Gasteiger partial charge in [0.25, 0.3) is 0 Å². The monoisotopic (exact) mass is 338 g/mol. The molecule has 132 valence electrons. The Morgan fingerprint density at radius 1 is 1.12 bits per heavy atom. The molecule has 0 aliphatic carbocycles. The Hall–Kier alpha value is -2.14. The molecule has 1 fully saturated rings. The number of imidazole rings is 1. The Balaban J connectivity index is 1.47. The number of benzene rings is 1. The highest BCUT2D eigenvalue weighted by Crippen LogP contribution is 2.24. The van der Waals surface area contributed by atoms with E-state index in [2.05, 4.69) is 28.9 Å². The van der Waals surface area contributed by atoms with Crippen LogP contribution in [0.25, 0.3) is 11.4 Å². The molecule has 1 aromatic heterocycles. The van der Waals surface area contributed by atoms with Crippen molar-refractivity contribution in [3.05, 3.63) is 41.7 Å². The maximum atomic E-state index is 12.8. The van der Waals surface area contributed by atoms with Crippen molar-refractivity contribution in [2.45, 2.75) is 45.2 Å². The van der Waals surface area contributed by atoms with Crippen molar-refractivity contribution in [3.8, 4) is 11.4 Å². The molecule has 0 unspecified atom stereocenters. The summed E-state index contributed by atoms with van der Waals surface area (Å²) in [5.74, 6) is 1.22. The number of H-pyrrole nitrogens is 1. The summed E-state index contributed by atoms with van der Waals surface area (Å²) in [6, 6.07) is 10.2. The number of hydrogen-bond donors (Lipinski definition) is 1. The van der Waals surface area contributed by atoms with Crippen LogP contribution in [0.4, 0.5) is 0 Å². The van der Waals surface area contributed by atoms with Gasteiger partial charge in [0, 0.05) is 38.2 Å². The standard InChI is InChI=1S/C20H26N4O/c1-15(20(25)23-11-6-3-7-12-23)24-13-10-17-18(14-24)22-19(21-17)16-8-4-2-5-9-16/h2,4-5,8-9,15H,3,6-7,10-14H2,1H3,(H,21,22)/t15-/m0/s1. The number of piperidine rings is 1. The SMILES string of the molecule is C[C@@H](C(=O)N1CCCCC1)N1CCc2nc(-c3ccccc3)[nH]c2C1. The molecule has 1 saturated heterocycles. The van der Waals surface area contributed by atoms with Gasteiger partial charge < -0.3 is 9.88 Å². The van der Waals surface area contributed by atoms with E-state index in [0.29, 0.717) is 0 Å². The summed E-state index contributed by atoms with van der Waals surface area (Å²) < 4.78 is 0. The number of aromatic amines is 1. The van der Waals surface area contributed by atoms with Crippen LogP contribution in [0.3, 0.4) is 0 Å². The van der Waals surface area contributed by atoms with E-state index in [1.165, 1.54) is 6.42 Å². The lowest BCUT2D eigenvalue weighted by molar-refractivity contribution is -0.137. The first-order valence-electron chi connectivity index (χ1n) is 9.38. The van der Waals surface area contributed by atoms with E-state index in [-0.39, 0.29) is 11.9 Å². The van der Waals surface area contributed by atoms with Crippen LogP contribution in [0.2, 0.25) is 0 Å². The molecule has 1 aromatic carbocycles. The van der Waals surface area contributed by atoms with Crippen LogP contribution in [0.15, 0.2) is 30.3 Å². The second-order valence-corrected chi connectivity index (χ2v) is 7.16. The minimum Gasteiger partial charge on any atom is -0.341 e. The average molecular weight is 338 g/mol.